The van der Waals surface area contributed by atoms with Crippen molar-refractivity contribution in [2.24, 2.45) is 0 Å². The van der Waals surface area contributed by atoms with E-state index < -0.39 is 10.0 Å². The van der Waals surface area contributed by atoms with Crippen LogP contribution in [0.2, 0.25) is 10.0 Å². The summed E-state index contributed by atoms with van der Waals surface area (Å²) in [5, 5.41) is 3.51. The van der Waals surface area contributed by atoms with E-state index in [0.717, 1.165) is 10.5 Å². The number of carbonyl (C=O) groups is 1. The highest BCUT2D eigenvalue weighted by molar-refractivity contribution is 7.89. The van der Waals surface area contributed by atoms with Gasteiger partial charge < -0.3 is 10.2 Å². The molecule has 0 bridgehead atoms. The van der Waals surface area contributed by atoms with Crippen LogP contribution in [0.4, 0.5) is 5.69 Å². The molecule has 0 spiro atoms. The molecule has 1 aliphatic heterocycles. The molecule has 3 rings (SSSR count). The molecule has 2 N–H and O–H groups in total. The second-order valence-corrected chi connectivity index (χ2v) is 11.5. The number of quaternary nitrogens is 1. The first-order valence-corrected chi connectivity index (χ1v) is 12.4. The second kappa shape index (κ2) is 9.46. The van der Waals surface area contributed by atoms with E-state index in [2.05, 4.69) is 26.1 Å². The van der Waals surface area contributed by atoms with Crippen molar-refractivity contribution in [2.75, 3.05) is 38.0 Å². The minimum Gasteiger partial charge on any atom is -0.325 e. The number of nitrogens with one attached hydrogen (secondary N) is 2. The molecule has 1 fully saturated rings. The lowest BCUT2D eigenvalue weighted by Gasteiger charge is -2.31. The Labute approximate surface area is 194 Å². The van der Waals surface area contributed by atoms with Gasteiger partial charge in [0.2, 0.25) is 10.0 Å². The number of benzene rings is 2. The summed E-state index contributed by atoms with van der Waals surface area (Å²) in [7, 11) is -3.55. The molecular formula is C22H28Cl2N3O3S+. The molecule has 1 heterocycles. The van der Waals surface area contributed by atoms with Crippen LogP contribution in [0, 0.1) is 0 Å². The Bertz CT molecular complexity index is 1020. The molecular weight excluding hydrogens is 457 g/mol. The molecule has 0 radical (unpaired) electrons. The molecule has 2 aromatic carbocycles. The van der Waals surface area contributed by atoms with Gasteiger partial charge in [-0.2, -0.15) is 4.31 Å². The number of nitrogens with zero attached hydrogens (tertiary/aromatic N) is 1. The summed E-state index contributed by atoms with van der Waals surface area (Å²) in [6.07, 6.45) is 0. The van der Waals surface area contributed by atoms with Crippen molar-refractivity contribution in [3.8, 4) is 0 Å². The van der Waals surface area contributed by atoms with Gasteiger partial charge in [-0.05, 0) is 35.2 Å². The van der Waals surface area contributed by atoms with Crippen molar-refractivity contribution >= 4 is 44.8 Å². The maximum Gasteiger partial charge on any atom is 0.279 e. The van der Waals surface area contributed by atoms with Crippen molar-refractivity contribution in [3.63, 3.8) is 0 Å². The molecule has 1 amide bonds. The molecule has 0 saturated carbocycles. The third kappa shape index (κ3) is 5.79. The molecule has 0 atom stereocenters. The molecule has 9 heteroatoms. The molecule has 1 aliphatic rings. The standard InChI is InChI=1S/C22H27Cl2N3O3S/c1-22(2,3)16-7-9-17(10-8-16)31(29,30)27-13-11-26(12-14-27)15-20(28)25-21-18(23)5-4-6-19(21)24/h4-10H,11-15H2,1-3H3,(H,25,28)/p+1. The SMILES string of the molecule is CC(C)(C)c1ccc(S(=O)(=O)N2CC[NH+](CC(=O)Nc3c(Cl)cccc3Cl)CC2)cc1. The van der Waals surface area contributed by atoms with Crippen molar-refractivity contribution < 1.29 is 18.1 Å². The quantitative estimate of drug-likeness (QED) is 0.685. The number of sulfonamides is 1. The molecule has 31 heavy (non-hydrogen) atoms. The van der Waals surface area contributed by atoms with Crippen molar-refractivity contribution in [1.82, 2.24) is 4.31 Å². The summed E-state index contributed by atoms with van der Waals surface area (Å²) in [6.45, 7) is 8.30. The number of halogens is 2. The Morgan fingerprint density at radius 3 is 2.10 bits per heavy atom. The third-order valence-electron chi connectivity index (χ3n) is 5.43. The highest BCUT2D eigenvalue weighted by Gasteiger charge is 2.31. The van der Waals surface area contributed by atoms with Crippen molar-refractivity contribution in [2.45, 2.75) is 31.1 Å². The Morgan fingerprint density at radius 2 is 1.58 bits per heavy atom. The van der Waals surface area contributed by atoms with Crippen LogP contribution in [0.3, 0.4) is 0 Å². The van der Waals surface area contributed by atoms with Crippen LogP contribution in [-0.2, 0) is 20.2 Å². The van der Waals surface area contributed by atoms with Crippen LogP contribution >= 0.6 is 23.2 Å². The predicted molar refractivity (Wildman–Crippen MR) is 125 cm³/mol. The summed E-state index contributed by atoms with van der Waals surface area (Å²) in [6, 6.07) is 12.1. The fourth-order valence-corrected chi connectivity index (χ4v) is 5.46. The van der Waals surface area contributed by atoms with E-state index in [1.807, 2.05) is 12.1 Å². The number of rotatable bonds is 5. The highest BCUT2D eigenvalue weighted by atomic mass is 35.5. The van der Waals surface area contributed by atoms with Gasteiger partial charge in [-0.3, -0.25) is 4.79 Å². The number of piperazine rings is 1. The zero-order valence-electron chi connectivity index (χ0n) is 17.9. The first-order valence-electron chi connectivity index (χ1n) is 10.2. The van der Waals surface area contributed by atoms with Gasteiger partial charge in [0.05, 0.1) is 46.8 Å². The normalized spacial score (nSPS) is 16.3. The minimum atomic E-state index is -3.55. The average Bonchev–Trinajstić information content (AvgIpc) is 2.71. The van der Waals surface area contributed by atoms with Gasteiger partial charge in [-0.15, -0.1) is 0 Å². The van der Waals surface area contributed by atoms with Crippen LogP contribution < -0.4 is 10.2 Å². The van der Waals surface area contributed by atoms with E-state index in [9.17, 15) is 13.2 Å². The van der Waals surface area contributed by atoms with Gasteiger partial charge in [0.25, 0.3) is 5.91 Å². The lowest BCUT2D eigenvalue weighted by Crippen LogP contribution is -3.15. The molecule has 0 aromatic heterocycles. The minimum absolute atomic E-state index is 0.0357. The summed E-state index contributed by atoms with van der Waals surface area (Å²) >= 11 is 12.2. The van der Waals surface area contributed by atoms with Crippen LogP contribution in [0.25, 0.3) is 0 Å². The van der Waals surface area contributed by atoms with E-state index in [1.54, 1.807) is 30.3 Å². The molecule has 6 nitrogen and oxygen atoms in total. The zero-order chi connectivity index (χ0) is 22.8. The average molecular weight is 485 g/mol. The summed E-state index contributed by atoms with van der Waals surface area (Å²) in [5.41, 5.74) is 1.45. The summed E-state index contributed by atoms with van der Waals surface area (Å²) in [4.78, 5) is 13.7. The number of hydrogen-bond acceptors (Lipinski definition) is 3. The first-order chi connectivity index (χ1) is 14.5. The molecule has 0 unspecified atom stereocenters. The molecule has 2 aromatic rings. The monoisotopic (exact) mass is 484 g/mol. The topological polar surface area (TPSA) is 70.9 Å². The Balaban J connectivity index is 1.58. The van der Waals surface area contributed by atoms with E-state index in [0.29, 0.717) is 46.8 Å². The number of carbonyl (C=O) groups excluding carboxylic acids is 1. The second-order valence-electron chi connectivity index (χ2n) is 8.75. The van der Waals surface area contributed by atoms with Gasteiger partial charge in [0.15, 0.2) is 6.54 Å². The lowest BCUT2D eigenvalue weighted by atomic mass is 9.87. The number of hydrogen-bond donors (Lipinski definition) is 2. The third-order valence-corrected chi connectivity index (χ3v) is 7.97. The molecule has 168 valence electrons. The Hall–Kier alpha value is -1.64. The van der Waals surface area contributed by atoms with Crippen LogP contribution in [0.5, 0.6) is 0 Å². The summed E-state index contributed by atoms with van der Waals surface area (Å²) < 4.78 is 27.5. The van der Waals surface area contributed by atoms with Crippen LogP contribution in [-0.4, -0.2) is 51.4 Å². The van der Waals surface area contributed by atoms with Gasteiger partial charge in [0, 0.05) is 0 Å². The van der Waals surface area contributed by atoms with Crippen molar-refractivity contribution in [3.05, 3.63) is 58.1 Å². The Morgan fingerprint density at radius 1 is 1.03 bits per heavy atom. The predicted octanol–water partition coefficient (Wildman–Crippen LogP) is 2.82. The van der Waals surface area contributed by atoms with E-state index in [4.69, 9.17) is 23.2 Å². The molecule has 1 saturated heterocycles. The van der Waals surface area contributed by atoms with E-state index >= 15 is 0 Å². The highest BCUT2D eigenvalue weighted by Crippen LogP contribution is 2.29. The van der Waals surface area contributed by atoms with E-state index in [1.165, 1.54) is 4.31 Å². The fourth-order valence-electron chi connectivity index (χ4n) is 3.52. The van der Waals surface area contributed by atoms with Gasteiger partial charge in [0.1, 0.15) is 0 Å². The van der Waals surface area contributed by atoms with Gasteiger partial charge in [-0.25, -0.2) is 8.42 Å². The maximum absolute atomic E-state index is 13.0. The smallest absolute Gasteiger partial charge is 0.279 e. The van der Waals surface area contributed by atoms with Gasteiger partial charge >= 0.3 is 0 Å². The lowest BCUT2D eigenvalue weighted by molar-refractivity contribution is -0.895. The molecule has 0 aliphatic carbocycles. The maximum atomic E-state index is 13.0. The first kappa shape index (κ1) is 24.0. The van der Waals surface area contributed by atoms with Gasteiger partial charge in [-0.1, -0.05) is 62.2 Å². The zero-order valence-corrected chi connectivity index (χ0v) is 20.2. The van der Waals surface area contributed by atoms with Crippen LogP contribution in [0.15, 0.2) is 47.4 Å². The Kier molecular flexibility index (Phi) is 7.33. The number of amides is 1. The fraction of sp³-hybridized carbons (Fsp3) is 0.409. The number of anilines is 1. The summed E-state index contributed by atoms with van der Waals surface area (Å²) in [5.74, 6) is -0.209. The largest absolute Gasteiger partial charge is 0.325 e. The van der Waals surface area contributed by atoms with Crippen molar-refractivity contribution in [1.29, 1.82) is 0 Å². The number of para-hydroxylation sites is 1. The van der Waals surface area contributed by atoms with Crippen LogP contribution in [0.1, 0.15) is 26.3 Å². The van der Waals surface area contributed by atoms with E-state index in [-0.39, 0.29) is 17.9 Å².